The molecule has 0 amide bonds. The van der Waals surface area contributed by atoms with Crippen molar-refractivity contribution in [2.24, 2.45) is 0 Å². The van der Waals surface area contributed by atoms with Crippen molar-refractivity contribution in [1.29, 1.82) is 0 Å². The number of nitrogens with one attached hydrogen (secondary N) is 1. The van der Waals surface area contributed by atoms with Crippen LogP contribution in [0.25, 0.3) is 0 Å². The lowest BCUT2D eigenvalue weighted by Crippen LogP contribution is -2.10. The summed E-state index contributed by atoms with van der Waals surface area (Å²) in [6, 6.07) is 1.30. The highest BCUT2D eigenvalue weighted by Gasteiger charge is 2.10. The molecule has 0 bridgehead atoms. The highest BCUT2D eigenvalue weighted by molar-refractivity contribution is 7.80. The molecule has 0 saturated heterocycles. The minimum atomic E-state index is -1.20. The first-order valence-electron chi connectivity index (χ1n) is 6.49. The van der Waals surface area contributed by atoms with Crippen LogP contribution in [0.4, 0.5) is 18.9 Å². The van der Waals surface area contributed by atoms with E-state index in [0.29, 0.717) is 17.5 Å². The largest absolute Gasteiger partial charge is 0.348 e. The van der Waals surface area contributed by atoms with E-state index in [1.54, 1.807) is 0 Å². The van der Waals surface area contributed by atoms with Crippen LogP contribution in [0, 0.1) is 17.5 Å². The summed E-state index contributed by atoms with van der Waals surface area (Å²) in [6.07, 6.45) is 6.12. The fourth-order valence-corrected chi connectivity index (χ4v) is 1.97. The van der Waals surface area contributed by atoms with Gasteiger partial charge in [-0.3, -0.25) is 0 Å². The van der Waals surface area contributed by atoms with Gasteiger partial charge in [0.25, 0.3) is 0 Å². The highest BCUT2D eigenvalue weighted by Crippen LogP contribution is 2.19. The molecule has 1 N–H and O–H groups in total. The van der Waals surface area contributed by atoms with E-state index in [0.717, 1.165) is 25.3 Å². The number of hydrogen-bond donors (Lipinski definition) is 1. The van der Waals surface area contributed by atoms with Crippen LogP contribution in [-0.4, -0.2) is 4.99 Å². The Labute approximate surface area is 117 Å². The van der Waals surface area contributed by atoms with Crippen molar-refractivity contribution < 1.29 is 13.2 Å². The molecular formula is C14H18F3NS. The molecule has 0 aromatic heterocycles. The van der Waals surface area contributed by atoms with Gasteiger partial charge in [-0.2, -0.15) is 0 Å². The number of halogens is 3. The van der Waals surface area contributed by atoms with Gasteiger partial charge in [0, 0.05) is 12.1 Å². The summed E-state index contributed by atoms with van der Waals surface area (Å²) in [5, 5.41) is 2.62. The van der Waals surface area contributed by atoms with Crippen molar-refractivity contribution in [3.8, 4) is 0 Å². The highest BCUT2D eigenvalue weighted by atomic mass is 32.1. The summed E-state index contributed by atoms with van der Waals surface area (Å²) in [6.45, 7) is 2.14. The first-order valence-corrected chi connectivity index (χ1v) is 6.89. The van der Waals surface area contributed by atoms with Crippen LogP contribution in [0.1, 0.15) is 45.4 Å². The number of unbranched alkanes of at least 4 members (excludes halogenated alkanes) is 4. The number of rotatable bonds is 7. The van der Waals surface area contributed by atoms with Crippen molar-refractivity contribution in [2.75, 3.05) is 5.32 Å². The number of benzene rings is 1. The Hall–Kier alpha value is -1.10. The zero-order chi connectivity index (χ0) is 14.3. The molecule has 1 nitrogen and oxygen atoms in total. The Balaban J connectivity index is 2.42. The number of hydrogen-bond acceptors (Lipinski definition) is 1. The molecule has 0 atom stereocenters. The Bertz CT molecular complexity index is 435. The van der Waals surface area contributed by atoms with Crippen molar-refractivity contribution in [3.63, 3.8) is 0 Å². The van der Waals surface area contributed by atoms with Crippen molar-refractivity contribution >= 4 is 22.9 Å². The minimum absolute atomic E-state index is 0.113. The molecule has 0 saturated carbocycles. The van der Waals surface area contributed by atoms with Gasteiger partial charge in [0.2, 0.25) is 0 Å². The fraction of sp³-hybridized carbons (Fsp3) is 0.500. The van der Waals surface area contributed by atoms with Crippen molar-refractivity contribution in [1.82, 2.24) is 0 Å². The van der Waals surface area contributed by atoms with Crippen LogP contribution in [0.15, 0.2) is 12.1 Å². The molecular weight excluding hydrogens is 271 g/mol. The van der Waals surface area contributed by atoms with Crippen molar-refractivity contribution in [2.45, 2.75) is 45.4 Å². The number of thiocarbonyl (C=S) groups is 1. The molecule has 1 rings (SSSR count). The second-order valence-electron chi connectivity index (χ2n) is 4.46. The van der Waals surface area contributed by atoms with Gasteiger partial charge in [-0.05, 0) is 12.8 Å². The van der Waals surface area contributed by atoms with Gasteiger partial charge in [-0.25, -0.2) is 13.2 Å². The van der Waals surface area contributed by atoms with E-state index >= 15 is 0 Å². The Morgan fingerprint density at radius 3 is 2.32 bits per heavy atom. The molecule has 0 aliphatic heterocycles. The van der Waals surface area contributed by atoms with Crippen LogP contribution in [0.2, 0.25) is 0 Å². The second-order valence-corrected chi connectivity index (χ2v) is 4.95. The third-order valence-electron chi connectivity index (χ3n) is 2.79. The first kappa shape index (κ1) is 16.0. The maximum absolute atomic E-state index is 13.4. The zero-order valence-corrected chi connectivity index (χ0v) is 11.8. The molecule has 0 aliphatic rings. The molecule has 0 heterocycles. The summed E-state index contributed by atoms with van der Waals surface area (Å²) in [7, 11) is 0. The molecule has 19 heavy (non-hydrogen) atoms. The summed E-state index contributed by atoms with van der Waals surface area (Å²) in [5.74, 6) is -3.13. The molecule has 1 aromatic carbocycles. The summed E-state index contributed by atoms with van der Waals surface area (Å²) < 4.78 is 39.1. The van der Waals surface area contributed by atoms with Crippen LogP contribution < -0.4 is 5.32 Å². The zero-order valence-electron chi connectivity index (χ0n) is 10.9. The van der Waals surface area contributed by atoms with E-state index in [-0.39, 0.29) is 5.69 Å². The maximum Gasteiger partial charge on any atom is 0.161 e. The molecule has 0 fully saturated rings. The summed E-state index contributed by atoms with van der Waals surface area (Å²) in [4.78, 5) is 0.446. The van der Waals surface area contributed by atoms with E-state index in [1.165, 1.54) is 12.8 Å². The Morgan fingerprint density at radius 1 is 1.00 bits per heavy atom. The van der Waals surface area contributed by atoms with Gasteiger partial charge < -0.3 is 5.32 Å². The lowest BCUT2D eigenvalue weighted by molar-refractivity contribution is 0.496. The first-order chi connectivity index (χ1) is 9.04. The van der Waals surface area contributed by atoms with Crippen molar-refractivity contribution in [3.05, 3.63) is 29.6 Å². The fourth-order valence-electron chi connectivity index (χ4n) is 1.72. The molecule has 0 aliphatic carbocycles. The van der Waals surface area contributed by atoms with E-state index in [2.05, 4.69) is 12.2 Å². The molecule has 1 aromatic rings. The Kier molecular flexibility index (Phi) is 6.84. The summed E-state index contributed by atoms with van der Waals surface area (Å²) in [5.41, 5.74) is -0.113. The molecule has 0 radical (unpaired) electrons. The van der Waals surface area contributed by atoms with E-state index in [9.17, 15) is 13.2 Å². The molecule has 0 unspecified atom stereocenters. The van der Waals surface area contributed by atoms with Gasteiger partial charge in [0.05, 0.1) is 10.7 Å². The van der Waals surface area contributed by atoms with Gasteiger partial charge >= 0.3 is 0 Å². The van der Waals surface area contributed by atoms with Gasteiger partial charge in [0.15, 0.2) is 11.6 Å². The normalized spacial score (nSPS) is 10.5. The SMILES string of the molecule is CCCCCCCC(=S)Nc1cc(F)c(F)cc1F. The second kappa shape index (κ2) is 8.15. The van der Waals surface area contributed by atoms with Gasteiger partial charge in [0.1, 0.15) is 5.82 Å². The quantitative estimate of drug-likeness (QED) is 0.420. The van der Waals surface area contributed by atoms with E-state index in [1.807, 2.05) is 0 Å². The van der Waals surface area contributed by atoms with Crippen LogP contribution in [0.5, 0.6) is 0 Å². The monoisotopic (exact) mass is 289 g/mol. The summed E-state index contributed by atoms with van der Waals surface area (Å²) >= 11 is 5.06. The molecule has 0 spiro atoms. The predicted octanol–water partition coefficient (Wildman–Crippen LogP) is 5.20. The lowest BCUT2D eigenvalue weighted by atomic mass is 10.1. The Morgan fingerprint density at radius 2 is 1.63 bits per heavy atom. The minimum Gasteiger partial charge on any atom is -0.348 e. The average molecular weight is 289 g/mol. The third-order valence-corrected chi connectivity index (χ3v) is 3.10. The van der Waals surface area contributed by atoms with Crippen LogP contribution in [-0.2, 0) is 0 Å². The average Bonchev–Trinajstić information content (AvgIpc) is 2.35. The molecule has 5 heteroatoms. The van der Waals surface area contributed by atoms with E-state index in [4.69, 9.17) is 12.2 Å². The van der Waals surface area contributed by atoms with E-state index < -0.39 is 17.5 Å². The lowest BCUT2D eigenvalue weighted by Gasteiger charge is -2.09. The topological polar surface area (TPSA) is 12.0 Å². The number of anilines is 1. The predicted molar refractivity (Wildman–Crippen MR) is 75.9 cm³/mol. The van der Waals surface area contributed by atoms with Crippen LogP contribution in [0.3, 0.4) is 0 Å². The van der Waals surface area contributed by atoms with Gasteiger partial charge in [-0.1, -0.05) is 44.8 Å². The third kappa shape index (κ3) is 5.59. The maximum atomic E-state index is 13.4. The van der Waals surface area contributed by atoms with Gasteiger partial charge in [-0.15, -0.1) is 0 Å². The smallest absolute Gasteiger partial charge is 0.161 e. The van der Waals surface area contributed by atoms with Crippen LogP contribution >= 0.6 is 12.2 Å². The molecule has 106 valence electrons. The standard InChI is InChI=1S/C14H18F3NS/c1-2-3-4-5-6-7-14(19)18-13-9-11(16)10(15)8-12(13)17/h8-9H,2-7H2,1H3,(H,18,19).